The molecule has 61 heavy (non-hydrogen) atoms. The summed E-state index contributed by atoms with van der Waals surface area (Å²) in [5, 5.41) is 0. The summed E-state index contributed by atoms with van der Waals surface area (Å²) < 4.78 is 179. The van der Waals surface area contributed by atoms with Crippen LogP contribution < -0.4 is 0 Å². The van der Waals surface area contributed by atoms with Crippen molar-refractivity contribution >= 4 is 35.8 Å². The summed E-state index contributed by atoms with van der Waals surface area (Å²) in [7, 11) is 0. The second-order valence-corrected chi connectivity index (χ2v) is 14.6. The molecular weight excluding hydrogens is 864 g/mol. The van der Waals surface area contributed by atoms with Crippen molar-refractivity contribution in [3.05, 3.63) is 0 Å². The molecule has 0 bridgehead atoms. The van der Waals surface area contributed by atoms with Gasteiger partial charge in [0.1, 0.15) is 39.6 Å². The predicted molar refractivity (Wildman–Crippen MR) is 189 cm³/mol. The minimum Gasteiger partial charge on any atom is -0.462 e. The van der Waals surface area contributed by atoms with Crippen molar-refractivity contribution in [2.75, 3.05) is 39.6 Å². The van der Waals surface area contributed by atoms with Crippen LogP contribution in [0.4, 0.5) is 52.7 Å². The third-order valence-corrected chi connectivity index (χ3v) is 7.63. The average Bonchev–Trinajstić information content (AvgIpc) is 3.09. The van der Waals surface area contributed by atoms with Gasteiger partial charge >= 0.3 is 53.6 Å². The van der Waals surface area contributed by atoms with Crippen LogP contribution >= 0.6 is 0 Å². The molecule has 0 aromatic heterocycles. The first kappa shape index (κ1) is 61.3. The van der Waals surface area contributed by atoms with Gasteiger partial charge < -0.3 is 28.4 Å². The molecule has 0 aliphatic carbocycles. The molecule has 24 heteroatoms. The molecule has 0 N–H and O–H groups in total. The Hall–Kier alpha value is -4.02. The van der Waals surface area contributed by atoms with E-state index in [9.17, 15) is 81.5 Å². The minimum absolute atomic E-state index is 0.280. The fraction of sp³-hybridized carbons (Fsp3) is 0.838. The number of ether oxygens (including phenoxy) is 6. The molecule has 2 atom stereocenters. The number of rotatable bonds is 24. The summed E-state index contributed by atoms with van der Waals surface area (Å²) in [5.74, 6) is -32.5. The lowest BCUT2D eigenvalue weighted by atomic mass is 9.91. The van der Waals surface area contributed by atoms with Crippen molar-refractivity contribution in [3.63, 3.8) is 0 Å². The first-order chi connectivity index (χ1) is 27.3. The number of hydrogen-bond acceptors (Lipinski definition) is 12. The molecule has 2 unspecified atom stereocenters. The molecule has 12 nitrogen and oxygen atoms in total. The van der Waals surface area contributed by atoms with E-state index in [0.717, 1.165) is 0 Å². The number of hydrogen-bond donors (Lipinski definition) is 0. The monoisotopic (exact) mass is 920 g/mol. The lowest BCUT2D eigenvalue weighted by Crippen LogP contribution is -2.37. The molecular formula is C37H56F12O12. The van der Waals surface area contributed by atoms with Gasteiger partial charge in [-0.2, -0.15) is 26.3 Å². The van der Waals surface area contributed by atoms with Crippen LogP contribution in [-0.2, 0) is 57.2 Å². The van der Waals surface area contributed by atoms with E-state index in [0.29, 0.717) is 19.3 Å². The second-order valence-electron chi connectivity index (χ2n) is 14.6. The molecule has 0 amide bonds. The Morgan fingerprint density at radius 1 is 0.393 bits per heavy atom. The Morgan fingerprint density at radius 2 is 0.607 bits per heavy atom. The van der Waals surface area contributed by atoms with Gasteiger partial charge in [-0.3, -0.25) is 14.4 Å². The number of alkyl halides is 12. The van der Waals surface area contributed by atoms with E-state index >= 15 is 0 Å². The molecule has 0 aromatic carbocycles. The van der Waals surface area contributed by atoms with Gasteiger partial charge in [-0.25, -0.2) is 40.7 Å². The summed E-state index contributed by atoms with van der Waals surface area (Å²) in [6.45, 7) is 9.62. The van der Waals surface area contributed by atoms with Gasteiger partial charge in [-0.15, -0.1) is 0 Å². The lowest BCUT2D eigenvalue weighted by Gasteiger charge is -2.21. The van der Waals surface area contributed by atoms with Gasteiger partial charge in [-0.05, 0) is 53.9 Å². The minimum atomic E-state index is -4.29. The van der Waals surface area contributed by atoms with Crippen LogP contribution in [0.2, 0.25) is 0 Å². The molecule has 0 aliphatic rings. The van der Waals surface area contributed by atoms with Gasteiger partial charge in [0.15, 0.2) is 0 Å². The smallest absolute Gasteiger partial charge is 0.377 e. The van der Waals surface area contributed by atoms with Crippen molar-refractivity contribution in [3.8, 4) is 0 Å². The SMILES string of the molecule is CCC(C)(C)C(=O)OCCOC(=O)C(F)(F)CC(C)(F)F.CCC(C)C(=O)OCCOC(=O)C(F)(F)CC(C)(F)F.CCC(C)C(=O)OCCOC(=O)C(F)(F)CC(C)(F)F. The fourth-order valence-electron chi connectivity index (χ4n) is 3.48. The predicted octanol–water partition coefficient (Wildman–Crippen LogP) is 8.79. The van der Waals surface area contributed by atoms with Crippen molar-refractivity contribution in [1.82, 2.24) is 0 Å². The summed E-state index contributed by atoms with van der Waals surface area (Å²) in [4.78, 5) is 66.8. The Bertz CT molecular complexity index is 1310. The lowest BCUT2D eigenvalue weighted by molar-refractivity contribution is -0.185. The molecule has 0 spiro atoms. The van der Waals surface area contributed by atoms with Gasteiger partial charge in [0.05, 0.1) is 36.5 Å². The maximum absolute atomic E-state index is 13.1. The maximum Gasteiger partial charge on any atom is 0.377 e. The first-order valence-electron chi connectivity index (χ1n) is 18.6. The van der Waals surface area contributed by atoms with Crippen LogP contribution in [0.5, 0.6) is 0 Å². The molecule has 0 rings (SSSR count). The van der Waals surface area contributed by atoms with E-state index in [1.54, 1.807) is 48.5 Å². The Labute approximate surface area is 346 Å². The van der Waals surface area contributed by atoms with Crippen molar-refractivity contribution in [2.45, 2.75) is 143 Å². The van der Waals surface area contributed by atoms with Crippen LogP contribution in [0.15, 0.2) is 0 Å². The van der Waals surface area contributed by atoms with E-state index in [-0.39, 0.29) is 32.6 Å². The summed E-state index contributed by atoms with van der Waals surface area (Å²) in [6.07, 6.45) is -4.18. The summed E-state index contributed by atoms with van der Waals surface area (Å²) in [5.41, 5.74) is -0.738. The fourth-order valence-corrected chi connectivity index (χ4v) is 3.48. The van der Waals surface area contributed by atoms with E-state index in [4.69, 9.17) is 4.74 Å². The Balaban J connectivity index is -0.000000828. The standard InChI is InChI=1S/C13H20F4O4.2C12H18F4O4/c1-5-11(2,3)9(18)20-6-7-21-10(19)13(16,17)8-12(4,14)15;2*1-4-8(2)9(17)19-5-6-20-10(18)12(15,16)7-11(3,13)14/h5-8H2,1-4H3;2*8H,4-7H2,1-3H3. The molecule has 360 valence electrons. The second kappa shape index (κ2) is 26.5. The van der Waals surface area contributed by atoms with Gasteiger partial charge in [-0.1, -0.05) is 34.6 Å². The Morgan fingerprint density at radius 3 is 0.803 bits per heavy atom. The normalized spacial score (nSPS) is 13.5. The topological polar surface area (TPSA) is 158 Å². The van der Waals surface area contributed by atoms with Crippen molar-refractivity contribution in [2.24, 2.45) is 17.3 Å². The molecule has 0 saturated carbocycles. The van der Waals surface area contributed by atoms with Gasteiger partial charge in [0.25, 0.3) is 17.8 Å². The third kappa shape index (κ3) is 29.8. The zero-order valence-electron chi connectivity index (χ0n) is 35.6. The van der Waals surface area contributed by atoms with Crippen LogP contribution in [0.1, 0.15) is 108 Å². The van der Waals surface area contributed by atoms with Crippen LogP contribution in [0, 0.1) is 17.3 Å². The number of halogens is 12. The van der Waals surface area contributed by atoms with E-state index in [1.165, 1.54) is 0 Å². The van der Waals surface area contributed by atoms with Crippen LogP contribution in [-0.4, -0.2) is 111 Å². The van der Waals surface area contributed by atoms with E-state index in [2.05, 4.69) is 23.7 Å². The average molecular weight is 921 g/mol. The Kier molecular flexibility index (Phi) is 26.6. The summed E-state index contributed by atoms with van der Waals surface area (Å²) in [6, 6.07) is 0. The largest absolute Gasteiger partial charge is 0.462 e. The molecule has 0 saturated heterocycles. The molecule has 0 heterocycles. The zero-order chi connectivity index (χ0) is 48.8. The van der Waals surface area contributed by atoms with E-state index in [1.807, 2.05) is 0 Å². The maximum atomic E-state index is 13.1. The highest BCUT2D eigenvalue weighted by Crippen LogP contribution is 2.33. The van der Waals surface area contributed by atoms with Crippen molar-refractivity contribution in [1.29, 1.82) is 0 Å². The van der Waals surface area contributed by atoms with Gasteiger partial charge in [0.2, 0.25) is 0 Å². The highest BCUT2D eigenvalue weighted by atomic mass is 19.3. The van der Waals surface area contributed by atoms with Crippen LogP contribution in [0.25, 0.3) is 0 Å². The first-order valence-corrected chi connectivity index (χ1v) is 18.6. The van der Waals surface area contributed by atoms with Gasteiger partial charge in [0, 0.05) is 0 Å². The number of carbonyl (C=O) groups is 6. The van der Waals surface area contributed by atoms with Crippen LogP contribution in [0.3, 0.4) is 0 Å². The molecule has 0 aliphatic heterocycles. The summed E-state index contributed by atoms with van der Waals surface area (Å²) >= 11 is 0. The zero-order valence-corrected chi connectivity index (χ0v) is 35.6. The van der Waals surface area contributed by atoms with Crippen molar-refractivity contribution < 1.29 is 110 Å². The van der Waals surface area contributed by atoms with E-state index < -0.39 is 136 Å². The third-order valence-electron chi connectivity index (χ3n) is 7.63. The highest BCUT2D eigenvalue weighted by molar-refractivity contribution is 5.79. The number of carbonyl (C=O) groups excluding carboxylic acids is 6. The quantitative estimate of drug-likeness (QED) is 0.0393. The highest BCUT2D eigenvalue weighted by Gasteiger charge is 2.50. The number of esters is 6. The molecule has 0 fully saturated rings. The molecule has 0 radical (unpaired) electrons. The molecule has 0 aromatic rings.